The van der Waals surface area contributed by atoms with Gasteiger partial charge in [-0.15, -0.1) is 0 Å². The van der Waals surface area contributed by atoms with Crippen LogP contribution in [-0.2, 0) is 29.9 Å². The lowest BCUT2D eigenvalue weighted by molar-refractivity contribution is -0.210. The molecule has 0 spiro atoms. The van der Waals surface area contributed by atoms with Gasteiger partial charge in [-0.25, -0.2) is 4.79 Å². The van der Waals surface area contributed by atoms with Crippen LogP contribution >= 0.6 is 0 Å². The molecule has 1 aromatic rings. The number of hydrogen-bond donors (Lipinski definition) is 0. The molecule has 0 fully saturated rings. The summed E-state index contributed by atoms with van der Waals surface area (Å²) in [6.07, 6.45) is 0.0564. The fraction of sp³-hybridized carbons (Fsp3) is 0.300. The molecule has 88 valence electrons. The Morgan fingerprint density at radius 1 is 1.25 bits per heavy atom. The summed E-state index contributed by atoms with van der Waals surface area (Å²) in [5, 5.41) is 0. The molecule has 6 heteroatoms. The van der Waals surface area contributed by atoms with Crippen LogP contribution in [0.15, 0.2) is 30.3 Å². The molecule has 0 N–H and O–H groups in total. The summed E-state index contributed by atoms with van der Waals surface area (Å²) in [5.74, 6) is -1.05. The predicted octanol–water partition coefficient (Wildman–Crippen LogP) is 1.40. The highest BCUT2D eigenvalue weighted by Crippen LogP contribution is 2.07. The average molecular weight is 244 g/mol. The standard InChI is InChI=1S/C10H12O5S/c1-2-10(11)14-15-16(12,13)8-9-6-4-3-5-7-9/h3-7H,2,8H2,1H3. The maximum atomic E-state index is 11.3. The number of benzene rings is 1. The lowest BCUT2D eigenvalue weighted by Crippen LogP contribution is -2.13. The fourth-order valence-electron chi connectivity index (χ4n) is 0.951. The van der Waals surface area contributed by atoms with E-state index in [-0.39, 0.29) is 12.2 Å². The summed E-state index contributed by atoms with van der Waals surface area (Å²) in [5.41, 5.74) is 0.565. The van der Waals surface area contributed by atoms with E-state index < -0.39 is 16.1 Å². The second-order valence-electron chi connectivity index (χ2n) is 3.06. The zero-order valence-corrected chi connectivity index (χ0v) is 9.57. The van der Waals surface area contributed by atoms with Crippen molar-refractivity contribution in [3.8, 4) is 0 Å². The summed E-state index contributed by atoms with van der Waals surface area (Å²) < 4.78 is 26.8. The minimum Gasteiger partial charge on any atom is -0.282 e. The van der Waals surface area contributed by atoms with Gasteiger partial charge in [-0.2, -0.15) is 8.42 Å². The van der Waals surface area contributed by atoms with E-state index in [0.717, 1.165) is 0 Å². The molecule has 0 radical (unpaired) electrons. The van der Waals surface area contributed by atoms with Crippen molar-refractivity contribution in [1.82, 2.24) is 0 Å². The molecule has 0 aromatic heterocycles. The molecule has 0 saturated carbocycles. The molecule has 0 heterocycles. The van der Waals surface area contributed by atoms with E-state index in [2.05, 4.69) is 9.22 Å². The molecule has 0 aliphatic heterocycles. The van der Waals surface area contributed by atoms with Crippen molar-refractivity contribution < 1.29 is 22.4 Å². The minimum absolute atomic E-state index is 0.0564. The summed E-state index contributed by atoms with van der Waals surface area (Å²) in [6, 6.07) is 8.48. The Morgan fingerprint density at radius 3 is 2.44 bits per heavy atom. The van der Waals surface area contributed by atoms with Gasteiger partial charge in [-0.3, -0.25) is 4.89 Å². The summed E-state index contributed by atoms with van der Waals surface area (Å²) in [6.45, 7) is 1.54. The first kappa shape index (κ1) is 12.7. The third-order valence-electron chi connectivity index (χ3n) is 1.71. The summed E-state index contributed by atoms with van der Waals surface area (Å²) in [4.78, 5) is 14.8. The highest BCUT2D eigenvalue weighted by atomic mass is 32.2. The highest BCUT2D eigenvalue weighted by Gasteiger charge is 2.15. The van der Waals surface area contributed by atoms with Crippen LogP contribution in [0.2, 0.25) is 0 Å². The zero-order valence-electron chi connectivity index (χ0n) is 8.75. The Bertz CT molecular complexity index is 438. The molecule has 0 unspecified atom stereocenters. The van der Waals surface area contributed by atoms with Crippen molar-refractivity contribution in [3.05, 3.63) is 35.9 Å². The van der Waals surface area contributed by atoms with Crippen LogP contribution in [-0.4, -0.2) is 14.4 Å². The Labute approximate surface area is 94.0 Å². The second-order valence-corrected chi connectivity index (χ2v) is 4.60. The Hall–Kier alpha value is -1.40. The van der Waals surface area contributed by atoms with Gasteiger partial charge in [-0.05, 0) is 5.56 Å². The molecule has 16 heavy (non-hydrogen) atoms. The number of rotatable bonds is 5. The first-order valence-electron chi connectivity index (χ1n) is 4.69. The van der Waals surface area contributed by atoms with Gasteiger partial charge >= 0.3 is 16.1 Å². The van der Waals surface area contributed by atoms with Gasteiger partial charge in [-0.1, -0.05) is 41.6 Å². The van der Waals surface area contributed by atoms with Crippen LogP contribution in [0.4, 0.5) is 0 Å². The average Bonchev–Trinajstić information content (AvgIpc) is 2.27. The number of hydrogen-bond acceptors (Lipinski definition) is 5. The number of carbonyl (C=O) groups is 1. The molecule has 0 atom stereocenters. The summed E-state index contributed by atoms with van der Waals surface area (Å²) >= 11 is 0. The smallest absolute Gasteiger partial charge is 0.282 e. The van der Waals surface area contributed by atoms with E-state index in [1.807, 2.05) is 0 Å². The van der Waals surface area contributed by atoms with Gasteiger partial charge in [0.2, 0.25) is 0 Å². The topological polar surface area (TPSA) is 69.7 Å². The molecule has 0 saturated heterocycles. The molecule has 0 aliphatic rings. The van der Waals surface area contributed by atoms with Crippen molar-refractivity contribution in [2.45, 2.75) is 19.1 Å². The SMILES string of the molecule is CCC(=O)OOS(=O)(=O)Cc1ccccc1. The molecular weight excluding hydrogens is 232 g/mol. The Morgan fingerprint density at radius 2 is 1.88 bits per heavy atom. The minimum atomic E-state index is -3.88. The summed E-state index contributed by atoms with van der Waals surface area (Å²) in [7, 11) is -3.88. The quantitative estimate of drug-likeness (QED) is 0.578. The molecular formula is C10H12O5S. The first-order valence-corrected chi connectivity index (χ1v) is 6.27. The van der Waals surface area contributed by atoms with Gasteiger partial charge in [0.05, 0.1) is 0 Å². The van der Waals surface area contributed by atoms with Crippen LogP contribution in [0.25, 0.3) is 0 Å². The zero-order chi connectivity index (χ0) is 12.0. The molecule has 1 aromatic carbocycles. The maximum absolute atomic E-state index is 11.3. The molecule has 0 aliphatic carbocycles. The van der Waals surface area contributed by atoms with E-state index in [1.165, 1.54) is 6.92 Å². The predicted molar refractivity (Wildman–Crippen MR) is 56.5 cm³/mol. The van der Waals surface area contributed by atoms with E-state index in [0.29, 0.717) is 5.56 Å². The lowest BCUT2D eigenvalue weighted by Gasteiger charge is -2.03. The van der Waals surface area contributed by atoms with E-state index in [9.17, 15) is 13.2 Å². The van der Waals surface area contributed by atoms with Crippen molar-refractivity contribution in [3.63, 3.8) is 0 Å². The van der Waals surface area contributed by atoms with Crippen molar-refractivity contribution >= 4 is 16.1 Å². The van der Waals surface area contributed by atoms with Gasteiger partial charge in [0.25, 0.3) is 0 Å². The van der Waals surface area contributed by atoms with Gasteiger partial charge in [0.15, 0.2) is 0 Å². The van der Waals surface area contributed by atoms with Crippen LogP contribution < -0.4 is 0 Å². The Balaban J connectivity index is 2.56. The van der Waals surface area contributed by atoms with Crippen molar-refractivity contribution in [1.29, 1.82) is 0 Å². The van der Waals surface area contributed by atoms with Gasteiger partial charge in [0.1, 0.15) is 5.75 Å². The van der Waals surface area contributed by atoms with Crippen LogP contribution in [0.5, 0.6) is 0 Å². The third kappa shape index (κ3) is 4.41. The normalized spacial score (nSPS) is 11.1. The highest BCUT2D eigenvalue weighted by molar-refractivity contribution is 7.85. The van der Waals surface area contributed by atoms with Gasteiger partial charge < -0.3 is 0 Å². The van der Waals surface area contributed by atoms with Crippen molar-refractivity contribution in [2.24, 2.45) is 0 Å². The molecule has 5 nitrogen and oxygen atoms in total. The monoisotopic (exact) mass is 244 g/mol. The number of carbonyl (C=O) groups excluding carboxylic acids is 1. The van der Waals surface area contributed by atoms with Crippen LogP contribution in [0, 0.1) is 0 Å². The van der Waals surface area contributed by atoms with Crippen LogP contribution in [0.1, 0.15) is 18.9 Å². The third-order valence-corrected chi connectivity index (χ3v) is 2.67. The largest absolute Gasteiger partial charge is 0.343 e. The molecule has 0 amide bonds. The fourth-order valence-corrected chi connectivity index (χ4v) is 1.78. The van der Waals surface area contributed by atoms with E-state index in [1.54, 1.807) is 30.3 Å². The van der Waals surface area contributed by atoms with Crippen LogP contribution in [0.3, 0.4) is 0 Å². The molecule has 0 bridgehead atoms. The maximum Gasteiger partial charge on any atom is 0.343 e. The second kappa shape index (κ2) is 5.62. The molecule has 1 rings (SSSR count). The van der Waals surface area contributed by atoms with Gasteiger partial charge in [0, 0.05) is 6.42 Å². The first-order chi connectivity index (χ1) is 7.53. The van der Waals surface area contributed by atoms with E-state index in [4.69, 9.17) is 0 Å². The lowest BCUT2D eigenvalue weighted by atomic mass is 10.2. The Kier molecular flexibility index (Phi) is 4.45. The van der Waals surface area contributed by atoms with E-state index >= 15 is 0 Å². The van der Waals surface area contributed by atoms with Crippen molar-refractivity contribution in [2.75, 3.05) is 0 Å².